The highest BCUT2D eigenvalue weighted by Crippen LogP contribution is 2.34. The van der Waals surface area contributed by atoms with E-state index in [9.17, 15) is 4.79 Å². The highest BCUT2D eigenvalue weighted by molar-refractivity contribution is 6.29. The summed E-state index contributed by atoms with van der Waals surface area (Å²) in [5.41, 5.74) is 0.720. The lowest BCUT2D eigenvalue weighted by atomic mass is 9.96. The van der Waals surface area contributed by atoms with E-state index in [0.29, 0.717) is 16.7 Å². The molecule has 2 aliphatic rings. The Bertz CT molecular complexity index is 793. The number of nitrogens with one attached hydrogen (secondary N) is 1. The fourth-order valence-electron chi connectivity index (χ4n) is 3.07. The maximum absolute atomic E-state index is 12.5. The van der Waals surface area contributed by atoms with Crippen molar-refractivity contribution in [1.82, 2.24) is 9.97 Å². The molecule has 1 amide bonds. The van der Waals surface area contributed by atoms with Crippen molar-refractivity contribution in [2.45, 2.75) is 12.8 Å². The van der Waals surface area contributed by atoms with Gasteiger partial charge in [-0.15, -0.1) is 0 Å². The van der Waals surface area contributed by atoms with Crippen molar-refractivity contribution in [2.75, 3.05) is 30.1 Å². The van der Waals surface area contributed by atoms with Crippen LogP contribution in [0.2, 0.25) is 5.15 Å². The van der Waals surface area contributed by atoms with E-state index < -0.39 is 0 Å². The van der Waals surface area contributed by atoms with Crippen molar-refractivity contribution in [1.29, 1.82) is 0 Å². The van der Waals surface area contributed by atoms with Gasteiger partial charge in [0, 0.05) is 30.8 Å². The molecule has 4 rings (SSSR count). The van der Waals surface area contributed by atoms with Crippen LogP contribution < -0.4 is 19.7 Å². The molecule has 1 fully saturated rings. The summed E-state index contributed by atoms with van der Waals surface area (Å²) in [6, 6.07) is 5.41. The zero-order valence-electron chi connectivity index (χ0n) is 13.4. The number of hydrogen-bond acceptors (Lipinski definition) is 6. The monoisotopic (exact) mass is 360 g/mol. The smallest absolute Gasteiger partial charge is 0.231 e. The summed E-state index contributed by atoms with van der Waals surface area (Å²) in [5, 5.41) is 3.34. The number of amides is 1. The molecular weight excluding hydrogens is 344 g/mol. The van der Waals surface area contributed by atoms with Crippen LogP contribution >= 0.6 is 11.6 Å². The average Bonchev–Trinajstić information content (AvgIpc) is 3.09. The first-order chi connectivity index (χ1) is 12.2. The molecule has 0 unspecified atom stereocenters. The number of piperidine rings is 1. The number of aromatic nitrogens is 2. The second kappa shape index (κ2) is 6.76. The van der Waals surface area contributed by atoms with Crippen molar-refractivity contribution in [3.63, 3.8) is 0 Å². The molecule has 0 spiro atoms. The summed E-state index contributed by atoms with van der Waals surface area (Å²) < 4.78 is 10.6. The van der Waals surface area contributed by atoms with Crippen molar-refractivity contribution in [3.05, 3.63) is 35.7 Å². The van der Waals surface area contributed by atoms with Gasteiger partial charge in [0.2, 0.25) is 12.7 Å². The van der Waals surface area contributed by atoms with E-state index in [-0.39, 0.29) is 18.6 Å². The van der Waals surface area contributed by atoms with E-state index in [2.05, 4.69) is 20.2 Å². The molecule has 25 heavy (non-hydrogen) atoms. The van der Waals surface area contributed by atoms with Gasteiger partial charge in [-0.2, -0.15) is 0 Å². The van der Waals surface area contributed by atoms with Crippen molar-refractivity contribution in [2.24, 2.45) is 5.92 Å². The zero-order chi connectivity index (χ0) is 17.2. The van der Waals surface area contributed by atoms with E-state index in [1.54, 1.807) is 18.3 Å². The van der Waals surface area contributed by atoms with Gasteiger partial charge in [0.05, 0.1) is 12.4 Å². The summed E-state index contributed by atoms with van der Waals surface area (Å²) >= 11 is 5.89. The van der Waals surface area contributed by atoms with Crippen LogP contribution in [-0.4, -0.2) is 35.8 Å². The number of hydrogen-bond donors (Lipinski definition) is 1. The lowest BCUT2D eigenvalue weighted by molar-refractivity contribution is -0.120. The Hall–Kier alpha value is -2.54. The Morgan fingerprint density at radius 2 is 2.00 bits per heavy atom. The first-order valence-corrected chi connectivity index (χ1v) is 8.50. The second-order valence-corrected chi connectivity index (χ2v) is 6.41. The van der Waals surface area contributed by atoms with E-state index >= 15 is 0 Å². The quantitative estimate of drug-likeness (QED) is 0.907. The number of benzene rings is 1. The third-order valence-electron chi connectivity index (χ3n) is 4.42. The number of halogens is 1. The van der Waals surface area contributed by atoms with E-state index in [0.717, 1.165) is 37.4 Å². The van der Waals surface area contributed by atoms with Gasteiger partial charge in [0.15, 0.2) is 11.5 Å². The van der Waals surface area contributed by atoms with Crippen molar-refractivity contribution < 1.29 is 14.3 Å². The Morgan fingerprint density at radius 1 is 1.20 bits per heavy atom. The highest BCUT2D eigenvalue weighted by atomic mass is 35.5. The highest BCUT2D eigenvalue weighted by Gasteiger charge is 2.26. The molecule has 1 N–H and O–H groups in total. The summed E-state index contributed by atoms with van der Waals surface area (Å²) in [6.07, 6.45) is 4.71. The number of fused-ring (bicyclic) bond motifs is 1. The number of rotatable bonds is 3. The van der Waals surface area contributed by atoms with Crippen LogP contribution in [0.5, 0.6) is 11.5 Å². The Morgan fingerprint density at radius 3 is 2.80 bits per heavy atom. The van der Waals surface area contributed by atoms with Crippen LogP contribution in [0.15, 0.2) is 30.6 Å². The molecule has 1 aromatic carbocycles. The summed E-state index contributed by atoms with van der Waals surface area (Å²) in [7, 11) is 0. The molecular formula is C17H17ClN4O3. The molecule has 2 aromatic rings. The second-order valence-electron chi connectivity index (χ2n) is 6.02. The van der Waals surface area contributed by atoms with Crippen LogP contribution in [0.25, 0.3) is 0 Å². The first-order valence-electron chi connectivity index (χ1n) is 8.12. The molecule has 3 heterocycles. The van der Waals surface area contributed by atoms with E-state index in [1.807, 2.05) is 6.07 Å². The molecule has 2 aliphatic heterocycles. The lowest BCUT2D eigenvalue weighted by Gasteiger charge is -2.31. The number of ether oxygens (including phenoxy) is 2. The molecule has 0 saturated carbocycles. The van der Waals surface area contributed by atoms with Gasteiger partial charge < -0.3 is 19.7 Å². The molecule has 8 heteroatoms. The van der Waals surface area contributed by atoms with Gasteiger partial charge in [-0.3, -0.25) is 9.78 Å². The summed E-state index contributed by atoms with van der Waals surface area (Å²) in [4.78, 5) is 22.9. The van der Waals surface area contributed by atoms with Crippen LogP contribution in [0, 0.1) is 5.92 Å². The first kappa shape index (κ1) is 16.0. The number of nitrogens with zero attached hydrogens (tertiary/aromatic N) is 3. The zero-order valence-corrected chi connectivity index (χ0v) is 14.2. The number of carbonyl (C=O) groups excluding carboxylic acids is 1. The molecule has 0 radical (unpaired) electrons. The fourth-order valence-corrected chi connectivity index (χ4v) is 3.22. The topological polar surface area (TPSA) is 76.6 Å². The molecule has 0 atom stereocenters. The molecule has 7 nitrogen and oxygen atoms in total. The predicted octanol–water partition coefficient (Wildman–Crippen LogP) is 2.71. The largest absolute Gasteiger partial charge is 0.454 e. The van der Waals surface area contributed by atoms with Crippen LogP contribution in [0.4, 0.5) is 11.5 Å². The maximum Gasteiger partial charge on any atom is 0.231 e. The Labute approximate surface area is 149 Å². The average molecular weight is 361 g/mol. The fraction of sp³-hybridized carbons (Fsp3) is 0.353. The van der Waals surface area contributed by atoms with Gasteiger partial charge in [-0.25, -0.2) is 4.98 Å². The van der Waals surface area contributed by atoms with Crippen LogP contribution in [0.3, 0.4) is 0 Å². The third-order valence-corrected chi connectivity index (χ3v) is 4.60. The standard InChI is InChI=1S/C17H17ClN4O3/c18-15-8-19-9-16(21-15)22-5-3-11(4-6-22)17(23)20-12-1-2-13-14(7-12)25-10-24-13/h1-2,7-9,11H,3-6,10H2,(H,20,23). The van der Waals surface area contributed by atoms with Gasteiger partial charge >= 0.3 is 0 Å². The molecule has 0 aliphatic carbocycles. The van der Waals surface area contributed by atoms with Crippen molar-refractivity contribution in [3.8, 4) is 11.5 Å². The summed E-state index contributed by atoms with van der Waals surface area (Å²) in [5.74, 6) is 2.10. The molecule has 0 bridgehead atoms. The molecule has 1 saturated heterocycles. The SMILES string of the molecule is O=C(Nc1ccc2c(c1)OCO2)C1CCN(c2cncc(Cl)n2)CC1. The van der Waals surface area contributed by atoms with Gasteiger partial charge in [-0.1, -0.05) is 11.6 Å². The summed E-state index contributed by atoms with van der Waals surface area (Å²) in [6.45, 7) is 1.71. The lowest BCUT2D eigenvalue weighted by Crippen LogP contribution is -2.38. The van der Waals surface area contributed by atoms with Crippen LogP contribution in [0.1, 0.15) is 12.8 Å². The minimum absolute atomic E-state index is 0.0238. The number of carbonyl (C=O) groups is 1. The third kappa shape index (κ3) is 3.46. The predicted molar refractivity (Wildman–Crippen MR) is 93.2 cm³/mol. The van der Waals surface area contributed by atoms with Gasteiger partial charge in [0.25, 0.3) is 0 Å². The van der Waals surface area contributed by atoms with E-state index in [4.69, 9.17) is 21.1 Å². The normalized spacial score (nSPS) is 16.8. The van der Waals surface area contributed by atoms with Crippen molar-refractivity contribution >= 4 is 29.0 Å². The maximum atomic E-state index is 12.5. The number of anilines is 2. The van der Waals surface area contributed by atoms with Gasteiger partial charge in [-0.05, 0) is 25.0 Å². The molecule has 130 valence electrons. The minimum Gasteiger partial charge on any atom is -0.454 e. The Kier molecular flexibility index (Phi) is 4.31. The van der Waals surface area contributed by atoms with Gasteiger partial charge in [0.1, 0.15) is 11.0 Å². The van der Waals surface area contributed by atoms with Crippen LogP contribution in [-0.2, 0) is 4.79 Å². The molecule has 1 aromatic heterocycles. The Balaban J connectivity index is 1.35. The van der Waals surface area contributed by atoms with E-state index in [1.165, 1.54) is 6.20 Å². The minimum atomic E-state index is -0.0335.